The summed E-state index contributed by atoms with van der Waals surface area (Å²) in [5.74, 6) is -0.770. The number of carbonyl (C=O) groups is 1. The van der Waals surface area contributed by atoms with Crippen molar-refractivity contribution in [1.29, 1.82) is 0 Å². The number of carbonyl (C=O) groups excluding carboxylic acids is 1. The van der Waals surface area contributed by atoms with E-state index >= 15 is 0 Å². The molecule has 0 aromatic heterocycles. The van der Waals surface area contributed by atoms with E-state index in [4.69, 9.17) is 4.74 Å². The van der Waals surface area contributed by atoms with Crippen molar-refractivity contribution in [1.82, 2.24) is 0 Å². The maximum Gasteiger partial charge on any atom is 0.416 e. The molecule has 0 atom stereocenters. The highest BCUT2D eigenvalue weighted by Crippen LogP contribution is 2.31. The molecule has 0 heterocycles. The zero-order valence-electron chi connectivity index (χ0n) is 16.2. The lowest BCUT2D eigenvalue weighted by molar-refractivity contribution is -0.137. The minimum absolute atomic E-state index is 0.192. The SMILES string of the molecule is O=C(COc1ccc(S(=O)(=O)Nc2cccc(C(F)(F)F)c2)cc1)Nc1ccc(F)cc1. The number of amides is 1. The van der Waals surface area contributed by atoms with Crippen molar-refractivity contribution in [3.8, 4) is 5.75 Å². The first kappa shape index (κ1) is 23.1. The van der Waals surface area contributed by atoms with Gasteiger partial charge in [0.1, 0.15) is 11.6 Å². The summed E-state index contributed by atoms with van der Waals surface area (Å²) in [7, 11) is -4.15. The third-order valence-corrected chi connectivity index (χ3v) is 5.47. The van der Waals surface area contributed by atoms with E-state index in [1.54, 1.807) is 0 Å². The Kier molecular flexibility index (Phi) is 6.68. The second kappa shape index (κ2) is 9.27. The molecule has 0 aliphatic heterocycles. The van der Waals surface area contributed by atoms with Gasteiger partial charge in [0.25, 0.3) is 15.9 Å². The molecule has 3 aromatic rings. The van der Waals surface area contributed by atoms with Crippen molar-refractivity contribution in [2.75, 3.05) is 16.6 Å². The molecule has 0 spiro atoms. The summed E-state index contributed by atoms with van der Waals surface area (Å²) in [4.78, 5) is 11.7. The zero-order chi connectivity index (χ0) is 23.4. The van der Waals surface area contributed by atoms with Gasteiger partial charge in [0.2, 0.25) is 0 Å². The smallest absolute Gasteiger partial charge is 0.416 e. The Morgan fingerprint density at radius 1 is 0.906 bits per heavy atom. The van der Waals surface area contributed by atoms with E-state index < -0.39 is 33.5 Å². The molecule has 2 N–H and O–H groups in total. The molecular weight excluding hydrogens is 452 g/mol. The third-order valence-electron chi connectivity index (χ3n) is 4.07. The van der Waals surface area contributed by atoms with Crippen molar-refractivity contribution in [3.63, 3.8) is 0 Å². The predicted octanol–water partition coefficient (Wildman–Crippen LogP) is 4.66. The zero-order valence-corrected chi connectivity index (χ0v) is 17.0. The van der Waals surface area contributed by atoms with Crippen molar-refractivity contribution in [2.24, 2.45) is 0 Å². The summed E-state index contributed by atoms with van der Waals surface area (Å²) in [5.41, 5.74) is -0.847. The fourth-order valence-corrected chi connectivity index (χ4v) is 3.62. The highest BCUT2D eigenvalue weighted by Gasteiger charge is 2.30. The minimum atomic E-state index is -4.61. The topological polar surface area (TPSA) is 84.5 Å². The molecule has 0 unspecified atom stereocenters. The van der Waals surface area contributed by atoms with Gasteiger partial charge in [0.15, 0.2) is 6.61 Å². The van der Waals surface area contributed by atoms with Gasteiger partial charge in [0, 0.05) is 11.4 Å². The van der Waals surface area contributed by atoms with E-state index in [2.05, 4.69) is 10.0 Å². The molecule has 11 heteroatoms. The van der Waals surface area contributed by atoms with Crippen LogP contribution in [-0.2, 0) is 21.0 Å². The Hall–Kier alpha value is -3.60. The molecule has 0 saturated heterocycles. The van der Waals surface area contributed by atoms with Gasteiger partial charge in [0.05, 0.1) is 10.5 Å². The standard InChI is InChI=1S/C21H16F4N2O4S/c22-15-4-6-16(7-5-15)26-20(28)13-31-18-8-10-19(11-9-18)32(29,30)27-17-3-1-2-14(12-17)21(23,24)25/h1-12,27H,13H2,(H,26,28). The molecule has 168 valence electrons. The van der Waals surface area contributed by atoms with Gasteiger partial charge in [-0.05, 0) is 66.7 Å². The number of nitrogens with one attached hydrogen (secondary N) is 2. The van der Waals surface area contributed by atoms with Crippen LogP contribution in [0.4, 0.5) is 28.9 Å². The Balaban J connectivity index is 1.60. The summed E-state index contributed by atoms with van der Waals surface area (Å²) >= 11 is 0. The van der Waals surface area contributed by atoms with E-state index in [0.29, 0.717) is 11.8 Å². The fourth-order valence-electron chi connectivity index (χ4n) is 2.57. The average Bonchev–Trinajstić information content (AvgIpc) is 2.73. The number of hydrogen-bond donors (Lipinski definition) is 2. The van der Waals surface area contributed by atoms with Gasteiger partial charge in [-0.1, -0.05) is 6.07 Å². The Bertz CT molecular complexity index is 1200. The number of anilines is 2. The monoisotopic (exact) mass is 468 g/mol. The van der Waals surface area contributed by atoms with Gasteiger partial charge >= 0.3 is 6.18 Å². The first-order valence-corrected chi connectivity index (χ1v) is 10.5. The van der Waals surface area contributed by atoms with Gasteiger partial charge in [-0.3, -0.25) is 9.52 Å². The van der Waals surface area contributed by atoms with Gasteiger partial charge in [-0.2, -0.15) is 13.2 Å². The first-order valence-electron chi connectivity index (χ1n) is 9.01. The van der Waals surface area contributed by atoms with E-state index in [-0.39, 0.29) is 22.9 Å². The molecule has 3 rings (SSSR count). The Morgan fingerprint density at radius 2 is 1.56 bits per heavy atom. The molecule has 32 heavy (non-hydrogen) atoms. The molecular formula is C21H16F4N2O4S. The Morgan fingerprint density at radius 3 is 2.19 bits per heavy atom. The maximum atomic E-state index is 12.9. The largest absolute Gasteiger partial charge is 0.484 e. The summed E-state index contributed by atoms with van der Waals surface area (Å²) < 4.78 is 83.5. The number of rotatable bonds is 7. The molecule has 0 aliphatic carbocycles. The van der Waals surface area contributed by atoms with Crippen molar-refractivity contribution in [3.05, 3.63) is 84.2 Å². The second-order valence-electron chi connectivity index (χ2n) is 6.50. The quantitative estimate of drug-likeness (QED) is 0.494. The minimum Gasteiger partial charge on any atom is -0.484 e. The van der Waals surface area contributed by atoms with Crippen LogP contribution in [0.3, 0.4) is 0 Å². The summed E-state index contributed by atoms with van der Waals surface area (Å²) in [6.45, 7) is -0.383. The summed E-state index contributed by atoms with van der Waals surface area (Å²) in [6, 6.07) is 13.9. The number of ether oxygens (including phenoxy) is 1. The van der Waals surface area contributed by atoms with Crippen molar-refractivity contribution < 1.29 is 35.5 Å². The first-order chi connectivity index (χ1) is 15.0. The molecule has 0 radical (unpaired) electrons. The van der Waals surface area contributed by atoms with E-state index in [1.165, 1.54) is 54.6 Å². The maximum absolute atomic E-state index is 12.9. The number of hydrogen-bond acceptors (Lipinski definition) is 4. The average molecular weight is 468 g/mol. The number of benzene rings is 3. The van der Waals surface area contributed by atoms with Gasteiger partial charge < -0.3 is 10.1 Å². The van der Waals surface area contributed by atoms with Crippen LogP contribution in [0.2, 0.25) is 0 Å². The highest BCUT2D eigenvalue weighted by molar-refractivity contribution is 7.92. The molecule has 1 amide bonds. The molecule has 3 aromatic carbocycles. The highest BCUT2D eigenvalue weighted by atomic mass is 32.2. The van der Waals surface area contributed by atoms with Crippen LogP contribution in [0.15, 0.2) is 77.7 Å². The lowest BCUT2D eigenvalue weighted by Gasteiger charge is -2.12. The number of halogens is 4. The van der Waals surface area contributed by atoms with Crippen LogP contribution in [0, 0.1) is 5.82 Å². The van der Waals surface area contributed by atoms with Crippen LogP contribution in [0.25, 0.3) is 0 Å². The molecule has 6 nitrogen and oxygen atoms in total. The second-order valence-corrected chi connectivity index (χ2v) is 8.18. The Labute approximate surface area is 180 Å². The van der Waals surface area contributed by atoms with Gasteiger partial charge in [-0.15, -0.1) is 0 Å². The summed E-state index contributed by atoms with van der Waals surface area (Å²) in [6.07, 6.45) is -4.61. The van der Waals surface area contributed by atoms with Crippen LogP contribution in [0.5, 0.6) is 5.75 Å². The predicted molar refractivity (Wildman–Crippen MR) is 109 cm³/mol. The fraction of sp³-hybridized carbons (Fsp3) is 0.0952. The third kappa shape index (κ3) is 6.20. The van der Waals surface area contributed by atoms with Gasteiger partial charge in [-0.25, -0.2) is 12.8 Å². The van der Waals surface area contributed by atoms with Crippen molar-refractivity contribution >= 4 is 27.3 Å². The summed E-state index contributed by atoms with van der Waals surface area (Å²) in [5, 5.41) is 2.50. The van der Waals surface area contributed by atoms with Crippen molar-refractivity contribution in [2.45, 2.75) is 11.1 Å². The van der Waals surface area contributed by atoms with Crippen LogP contribution in [0.1, 0.15) is 5.56 Å². The number of alkyl halides is 3. The molecule has 0 aliphatic rings. The lowest BCUT2D eigenvalue weighted by atomic mass is 10.2. The number of sulfonamides is 1. The molecule has 0 bridgehead atoms. The van der Waals surface area contributed by atoms with Crippen LogP contribution >= 0.6 is 0 Å². The van der Waals surface area contributed by atoms with E-state index in [9.17, 15) is 30.8 Å². The molecule has 0 saturated carbocycles. The van der Waals surface area contributed by atoms with E-state index in [1.807, 2.05) is 0 Å². The molecule has 0 fully saturated rings. The van der Waals surface area contributed by atoms with Crippen LogP contribution < -0.4 is 14.8 Å². The lowest BCUT2D eigenvalue weighted by Crippen LogP contribution is -2.20. The van der Waals surface area contributed by atoms with Crippen LogP contribution in [-0.4, -0.2) is 20.9 Å². The normalized spacial score (nSPS) is 11.6. The van der Waals surface area contributed by atoms with E-state index in [0.717, 1.165) is 12.1 Å².